The molecule has 0 fully saturated rings. The van der Waals surface area contributed by atoms with Crippen molar-refractivity contribution in [2.75, 3.05) is 19.1 Å². The van der Waals surface area contributed by atoms with Crippen LogP contribution in [0.25, 0.3) is 0 Å². The summed E-state index contributed by atoms with van der Waals surface area (Å²) in [6.45, 7) is 2.34. The highest BCUT2D eigenvalue weighted by Gasteiger charge is 2.22. The molecule has 1 heterocycles. The van der Waals surface area contributed by atoms with Crippen LogP contribution in [-0.4, -0.2) is 40.0 Å². The van der Waals surface area contributed by atoms with E-state index in [4.69, 9.17) is 9.47 Å². The minimum Gasteiger partial charge on any atom is -0.493 e. The first-order valence-corrected chi connectivity index (χ1v) is 7.75. The predicted octanol–water partition coefficient (Wildman–Crippen LogP) is 1.71. The largest absolute Gasteiger partial charge is 0.493 e. The number of methoxy groups -OCH3 is 1. The van der Waals surface area contributed by atoms with Gasteiger partial charge in [0.2, 0.25) is 5.75 Å². The first kappa shape index (κ1) is 18.8. The van der Waals surface area contributed by atoms with E-state index in [-0.39, 0.29) is 23.0 Å². The van der Waals surface area contributed by atoms with Crippen LogP contribution in [0.3, 0.4) is 0 Å². The molecule has 0 saturated heterocycles. The molecule has 2 rings (SSSR count). The fourth-order valence-corrected chi connectivity index (χ4v) is 1.97. The number of nitrogens with zero attached hydrogens (tertiary/aromatic N) is 4. The number of H-pyrrole nitrogens is 1. The quantitative estimate of drug-likeness (QED) is 0.297. The van der Waals surface area contributed by atoms with Crippen LogP contribution in [0.4, 0.5) is 11.5 Å². The van der Waals surface area contributed by atoms with Crippen molar-refractivity contribution in [1.82, 2.24) is 15.2 Å². The number of ether oxygens (including phenoxy) is 2. The molecule has 0 bridgehead atoms. The van der Waals surface area contributed by atoms with Gasteiger partial charge in [0.05, 0.1) is 31.1 Å². The number of aromatic amines is 1. The number of benzene rings is 1. The van der Waals surface area contributed by atoms with Gasteiger partial charge in [0.25, 0.3) is 0 Å². The SMILES string of the molecule is CCCCOc1c(OC)cc(/C=N/Nc2cn[nH]c(=O)n2)cc1[N+](=O)[O-]. The number of nitro groups is 1. The lowest BCUT2D eigenvalue weighted by atomic mass is 10.2. The first-order valence-electron chi connectivity index (χ1n) is 7.75. The van der Waals surface area contributed by atoms with E-state index in [2.05, 4.69) is 25.7 Å². The Morgan fingerprint density at radius 3 is 2.92 bits per heavy atom. The summed E-state index contributed by atoms with van der Waals surface area (Å²) in [6.07, 6.45) is 4.27. The van der Waals surface area contributed by atoms with E-state index in [1.165, 1.54) is 25.6 Å². The Morgan fingerprint density at radius 2 is 2.27 bits per heavy atom. The van der Waals surface area contributed by atoms with Gasteiger partial charge in [0.1, 0.15) is 0 Å². The van der Waals surface area contributed by atoms with Crippen molar-refractivity contribution < 1.29 is 14.4 Å². The number of rotatable bonds is 9. The molecule has 0 unspecified atom stereocenters. The summed E-state index contributed by atoms with van der Waals surface area (Å²) < 4.78 is 10.7. The standard InChI is InChI=1S/C15H18N6O5/c1-3-4-5-26-14-11(21(23)24)6-10(7-12(14)25-2)8-16-19-13-9-17-20-15(22)18-13/h6-9H,3-5H2,1-2H3,(H2,18,19,20,22)/b16-8+. The average Bonchev–Trinajstić information content (AvgIpc) is 2.62. The second-order valence-corrected chi connectivity index (χ2v) is 5.07. The molecule has 138 valence electrons. The van der Waals surface area contributed by atoms with Gasteiger partial charge in [-0.15, -0.1) is 0 Å². The molecule has 11 nitrogen and oxygen atoms in total. The Hall–Kier alpha value is -3.50. The Kier molecular flexibility index (Phi) is 6.60. The molecule has 0 radical (unpaired) electrons. The van der Waals surface area contributed by atoms with Crippen LogP contribution < -0.4 is 20.6 Å². The lowest BCUT2D eigenvalue weighted by molar-refractivity contribution is -0.386. The molecule has 1 aromatic heterocycles. The van der Waals surface area contributed by atoms with Gasteiger partial charge in [-0.3, -0.25) is 15.5 Å². The predicted molar refractivity (Wildman–Crippen MR) is 93.9 cm³/mol. The van der Waals surface area contributed by atoms with Gasteiger partial charge in [-0.05, 0) is 12.5 Å². The molecule has 0 spiro atoms. The minimum atomic E-state index is -0.629. The summed E-state index contributed by atoms with van der Waals surface area (Å²) in [5, 5.41) is 20.9. The molecule has 0 amide bonds. The number of aromatic nitrogens is 3. The number of hydrogen-bond donors (Lipinski definition) is 2. The molecule has 0 aliphatic rings. The van der Waals surface area contributed by atoms with Gasteiger partial charge < -0.3 is 9.47 Å². The molecule has 2 N–H and O–H groups in total. The van der Waals surface area contributed by atoms with Gasteiger partial charge in [-0.2, -0.15) is 15.2 Å². The smallest absolute Gasteiger partial charge is 0.363 e. The highest BCUT2D eigenvalue weighted by molar-refractivity contribution is 5.83. The fraction of sp³-hybridized carbons (Fsp3) is 0.333. The normalized spacial score (nSPS) is 10.7. The molecule has 0 saturated carbocycles. The van der Waals surface area contributed by atoms with E-state index in [1.807, 2.05) is 6.92 Å². The van der Waals surface area contributed by atoms with Gasteiger partial charge >= 0.3 is 11.4 Å². The number of hydrogen-bond acceptors (Lipinski definition) is 9. The third-order valence-corrected chi connectivity index (χ3v) is 3.18. The molecule has 1 aromatic carbocycles. The van der Waals surface area contributed by atoms with Gasteiger partial charge in [-0.25, -0.2) is 9.89 Å². The molecule has 26 heavy (non-hydrogen) atoms. The fourth-order valence-electron chi connectivity index (χ4n) is 1.97. The van der Waals surface area contributed by atoms with Crippen molar-refractivity contribution in [3.63, 3.8) is 0 Å². The monoisotopic (exact) mass is 362 g/mol. The Morgan fingerprint density at radius 1 is 1.46 bits per heavy atom. The molecule has 0 aliphatic heterocycles. The second-order valence-electron chi connectivity index (χ2n) is 5.07. The average molecular weight is 362 g/mol. The molecular formula is C15H18N6O5. The van der Waals surface area contributed by atoms with E-state index < -0.39 is 10.6 Å². The second kappa shape index (κ2) is 9.11. The summed E-state index contributed by atoms with van der Waals surface area (Å²) in [4.78, 5) is 25.5. The zero-order chi connectivity index (χ0) is 18.9. The van der Waals surface area contributed by atoms with Crippen molar-refractivity contribution in [3.05, 3.63) is 44.5 Å². The maximum absolute atomic E-state index is 11.4. The summed E-state index contributed by atoms with van der Waals surface area (Å²) in [7, 11) is 1.40. The van der Waals surface area contributed by atoms with Crippen LogP contribution >= 0.6 is 0 Å². The van der Waals surface area contributed by atoms with Gasteiger partial charge in [-0.1, -0.05) is 13.3 Å². The zero-order valence-electron chi connectivity index (χ0n) is 14.3. The third kappa shape index (κ3) is 5.00. The lowest BCUT2D eigenvalue weighted by Gasteiger charge is -2.11. The Bertz CT molecular complexity index is 851. The summed E-state index contributed by atoms with van der Waals surface area (Å²) >= 11 is 0. The maximum Gasteiger partial charge on any atom is 0.363 e. The number of hydrazone groups is 1. The van der Waals surface area contributed by atoms with Crippen molar-refractivity contribution in [2.24, 2.45) is 5.10 Å². The van der Waals surface area contributed by atoms with Crippen molar-refractivity contribution in [2.45, 2.75) is 19.8 Å². The molecule has 0 atom stereocenters. The molecule has 11 heteroatoms. The van der Waals surface area contributed by atoms with E-state index >= 15 is 0 Å². The van der Waals surface area contributed by atoms with Crippen LogP contribution in [0.2, 0.25) is 0 Å². The number of anilines is 1. The van der Waals surface area contributed by atoms with Crippen molar-refractivity contribution in [1.29, 1.82) is 0 Å². The maximum atomic E-state index is 11.4. The van der Waals surface area contributed by atoms with Gasteiger partial charge in [0, 0.05) is 11.6 Å². The van der Waals surface area contributed by atoms with Crippen LogP contribution in [0.15, 0.2) is 28.2 Å². The Balaban J connectivity index is 2.25. The van der Waals surface area contributed by atoms with E-state index in [0.717, 1.165) is 12.8 Å². The lowest BCUT2D eigenvalue weighted by Crippen LogP contribution is -2.13. The number of unbranched alkanes of at least 4 members (excludes halogenated alkanes) is 1. The van der Waals surface area contributed by atoms with Crippen LogP contribution in [0.1, 0.15) is 25.3 Å². The van der Waals surface area contributed by atoms with Crippen LogP contribution in [0.5, 0.6) is 11.5 Å². The topological polar surface area (TPSA) is 145 Å². The van der Waals surface area contributed by atoms with E-state index in [9.17, 15) is 14.9 Å². The molecule has 2 aromatic rings. The van der Waals surface area contributed by atoms with Gasteiger partial charge in [0.15, 0.2) is 11.6 Å². The number of nitrogens with one attached hydrogen (secondary N) is 2. The first-order chi connectivity index (χ1) is 12.5. The number of nitro benzene ring substituents is 1. The molecule has 0 aliphatic carbocycles. The minimum absolute atomic E-state index is 0.0801. The van der Waals surface area contributed by atoms with Crippen LogP contribution in [0, 0.1) is 10.1 Å². The van der Waals surface area contributed by atoms with Crippen molar-refractivity contribution >= 4 is 17.7 Å². The van der Waals surface area contributed by atoms with Crippen molar-refractivity contribution in [3.8, 4) is 11.5 Å². The highest BCUT2D eigenvalue weighted by atomic mass is 16.6. The summed E-state index contributed by atoms with van der Waals surface area (Å²) in [6, 6.07) is 2.88. The molecular weight excluding hydrogens is 344 g/mol. The third-order valence-electron chi connectivity index (χ3n) is 3.18. The summed E-state index contributed by atoms with van der Waals surface area (Å²) in [5.41, 5.74) is 2.06. The van der Waals surface area contributed by atoms with E-state index in [0.29, 0.717) is 12.2 Å². The van der Waals surface area contributed by atoms with Crippen LogP contribution in [-0.2, 0) is 0 Å². The Labute approximate surface area is 148 Å². The summed E-state index contributed by atoms with van der Waals surface area (Å²) in [5.74, 6) is 0.440. The van der Waals surface area contributed by atoms with E-state index in [1.54, 1.807) is 6.07 Å². The zero-order valence-corrected chi connectivity index (χ0v) is 14.3. The highest BCUT2D eigenvalue weighted by Crippen LogP contribution is 2.38.